The Balaban J connectivity index is 1.84. The molecule has 2 aromatic carbocycles. The molecule has 34 heavy (non-hydrogen) atoms. The van der Waals surface area contributed by atoms with Crippen LogP contribution in [0.1, 0.15) is 52.5 Å². The molecule has 1 unspecified atom stereocenters. The summed E-state index contributed by atoms with van der Waals surface area (Å²) in [6.07, 6.45) is 0.752. The largest absolute Gasteiger partial charge is 0.489 e. The van der Waals surface area contributed by atoms with Crippen LogP contribution in [0.2, 0.25) is 0 Å². The third-order valence-electron chi connectivity index (χ3n) is 5.19. The predicted octanol–water partition coefficient (Wildman–Crippen LogP) is 4.71. The van der Waals surface area contributed by atoms with Gasteiger partial charge in [-0.2, -0.15) is 0 Å². The highest BCUT2D eigenvalue weighted by atomic mass is 16.5. The van der Waals surface area contributed by atoms with Crippen molar-refractivity contribution in [2.75, 3.05) is 12.4 Å². The number of carbonyl (C=O) groups excluding carboxylic acids is 3. The summed E-state index contributed by atoms with van der Waals surface area (Å²) in [6, 6.07) is 16.4. The molecule has 0 aromatic heterocycles. The van der Waals surface area contributed by atoms with Gasteiger partial charge in [-0.1, -0.05) is 58.0 Å². The molecule has 2 N–H and O–H groups in total. The van der Waals surface area contributed by atoms with E-state index in [4.69, 9.17) is 9.47 Å². The number of amides is 2. The zero-order valence-electron chi connectivity index (χ0n) is 20.7. The average Bonchev–Trinajstić information content (AvgIpc) is 2.77. The first-order valence-corrected chi connectivity index (χ1v) is 11.5. The molecular weight excluding hydrogens is 432 g/mol. The summed E-state index contributed by atoms with van der Waals surface area (Å²) in [7, 11) is 1.30. The van der Waals surface area contributed by atoms with E-state index < -0.39 is 17.4 Å². The number of carbonyl (C=O) groups is 3. The molecule has 0 heterocycles. The van der Waals surface area contributed by atoms with Crippen LogP contribution in [-0.2, 0) is 25.7 Å². The number of esters is 1. The maximum atomic E-state index is 12.6. The highest BCUT2D eigenvalue weighted by Gasteiger charge is 2.29. The van der Waals surface area contributed by atoms with Gasteiger partial charge in [-0.05, 0) is 47.6 Å². The van der Waals surface area contributed by atoms with Crippen LogP contribution < -0.4 is 15.4 Å². The van der Waals surface area contributed by atoms with Crippen LogP contribution in [0, 0.1) is 11.3 Å². The number of hydrogen-bond donors (Lipinski definition) is 2. The molecule has 0 aliphatic carbocycles. The number of methoxy groups -OCH3 is 1. The minimum absolute atomic E-state index is 0.109. The van der Waals surface area contributed by atoms with Crippen LogP contribution in [0.3, 0.4) is 0 Å². The van der Waals surface area contributed by atoms with E-state index in [0.29, 0.717) is 24.5 Å². The maximum Gasteiger partial charge on any atom is 0.328 e. The quantitative estimate of drug-likeness (QED) is 0.440. The Morgan fingerprint density at radius 2 is 1.53 bits per heavy atom. The molecule has 1 atom stereocenters. The lowest BCUT2D eigenvalue weighted by Crippen LogP contribution is -2.43. The van der Waals surface area contributed by atoms with Crippen LogP contribution in [0.5, 0.6) is 5.75 Å². The van der Waals surface area contributed by atoms with Crippen molar-refractivity contribution in [3.63, 3.8) is 0 Å². The van der Waals surface area contributed by atoms with E-state index in [1.54, 1.807) is 24.3 Å². The van der Waals surface area contributed by atoms with Gasteiger partial charge in [-0.25, -0.2) is 4.79 Å². The van der Waals surface area contributed by atoms with Crippen LogP contribution in [0.25, 0.3) is 0 Å². The molecule has 0 aliphatic rings. The fourth-order valence-electron chi connectivity index (χ4n) is 3.59. The number of benzene rings is 2. The Morgan fingerprint density at radius 3 is 2.12 bits per heavy atom. The second-order valence-electron chi connectivity index (χ2n) is 9.64. The number of anilines is 1. The minimum Gasteiger partial charge on any atom is -0.489 e. The van der Waals surface area contributed by atoms with E-state index in [0.717, 1.165) is 5.56 Å². The molecule has 0 bridgehead atoms. The van der Waals surface area contributed by atoms with E-state index >= 15 is 0 Å². The predicted molar refractivity (Wildman–Crippen MR) is 132 cm³/mol. The van der Waals surface area contributed by atoms with E-state index in [1.807, 2.05) is 58.0 Å². The Labute approximate surface area is 202 Å². The zero-order chi connectivity index (χ0) is 25.1. The summed E-state index contributed by atoms with van der Waals surface area (Å²) in [5.41, 5.74) is 1.14. The fraction of sp³-hybridized carbons (Fsp3) is 0.444. The second kappa shape index (κ2) is 12.8. The summed E-state index contributed by atoms with van der Waals surface area (Å²) in [4.78, 5) is 37.1. The number of rotatable bonds is 12. The van der Waals surface area contributed by atoms with Crippen molar-refractivity contribution in [2.24, 2.45) is 11.3 Å². The molecule has 7 nitrogen and oxygen atoms in total. The van der Waals surface area contributed by atoms with Crippen molar-refractivity contribution in [3.8, 4) is 5.75 Å². The zero-order valence-corrected chi connectivity index (χ0v) is 20.7. The molecule has 0 spiro atoms. The summed E-state index contributed by atoms with van der Waals surface area (Å²) in [5.74, 6) is -0.0104. The molecule has 0 radical (unpaired) electrons. The van der Waals surface area contributed by atoms with Crippen molar-refractivity contribution in [1.82, 2.24) is 5.32 Å². The summed E-state index contributed by atoms with van der Waals surface area (Å²) in [5, 5.41) is 5.62. The molecule has 184 valence electrons. The molecule has 2 aromatic rings. The smallest absolute Gasteiger partial charge is 0.328 e. The van der Waals surface area contributed by atoms with Crippen molar-refractivity contribution in [2.45, 2.75) is 59.6 Å². The molecule has 2 rings (SSSR count). The van der Waals surface area contributed by atoms with Crippen molar-refractivity contribution in [3.05, 3.63) is 60.2 Å². The van der Waals surface area contributed by atoms with Crippen LogP contribution >= 0.6 is 0 Å². The topological polar surface area (TPSA) is 93.7 Å². The van der Waals surface area contributed by atoms with Crippen LogP contribution in [0.4, 0.5) is 5.69 Å². The standard InChI is InChI=1S/C27H36N2O5/c1-19(2)15-23(26(32)33-5)29-25(31)17-27(3,4)16-24(30)28-21-11-13-22(14-12-21)34-18-20-9-7-6-8-10-20/h6-14,19,23H,15-18H2,1-5H3,(H,28,30)(H,29,31). The number of ether oxygens (including phenoxy) is 2. The van der Waals surface area contributed by atoms with Crippen molar-refractivity contribution >= 4 is 23.5 Å². The Kier molecular flexibility index (Phi) is 10.1. The molecule has 2 amide bonds. The molecule has 0 aliphatic heterocycles. The van der Waals surface area contributed by atoms with Crippen LogP contribution in [0.15, 0.2) is 54.6 Å². The van der Waals surface area contributed by atoms with Gasteiger partial charge < -0.3 is 20.1 Å². The minimum atomic E-state index is -0.690. The highest BCUT2D eigenvalue weighted by Crippen LogP contribution is 2.26. The second-order valence-corrected chi connectivity index (χ2v) is 9.64. The maximum absolute atomic E-state index is 12.6. The van der Waals surface area contributed by atoms with Gasteiger partial charge in [-0.15, -0.1) is 0 Å². The van der Waals surface area contributed by atoms with Gasteiger partial charge in [0.2, 0.25) is 11.8 Å². The third kappa shape index (κ3) is 9.65. The average molecular weight is 469 g/mol. The van der Waals surface area contributed by atoms with E-state index in [9.17, 15) is 14.4 Å². The fourth-order valence-corrected chi connectivity index (χ4v) is 3.59. The number of nitrogens with one attached hydrogen (secondary N) is 2. The Bertz CT molecular complexity index is 939. The van der Waals surface area contributed by atoms with Gasteiger partial charge in [0.25, 0.3) is 0 Å². The van der Waals surface area contributed by atoms with Crippen molar-refractivity contribution in [1.29, 1.82) is 0 Å². The first-order valence-electron chi connectivity index (χ1n) is 11.5. The highest BCUT2D eigenvalue weighted by molar-refractivity contribution is 5.92. The SMILES string of the molecule is COC(=O)C(CC(C)C)NC(=O)CC(C)(C)CC(=O)Nc1ccc(OCc2ccccc2)cc1. The molecule has 7 heteroatoms. The summed E-state index contributed by atoms with van der Waals surface area (Å²) < 4.78 is 10.6. The summed E-state index contributed by atoms with van der Waals surface area (Å²) >= 11 is 0. The monoisotopic (exact) mass is 468 g/mol. The molecule has 0 fully saturated rings. The van der Waals surface area contributed by atoms with Gasteiger partial charge in [0.1, 0.15) is 18.4 Å². The van der Waals surface area contributed by atoms with Gasteiger partial charge in [0.05, 0.1) is 7.11 Å². The third-order valence-corrected chi connectivity index (χ3v) is 5.19. The Hall–Kier alpha value is -3.35. The van der Waals surface area contributed by atoms with Gasteiger partial charge >= 0.3 is 5.97 Å². The first-order chi connectivity index (χ1) is 16.1. The molecule has 0 saturated heterocycles. The normalized spacial score (nSPS) is 12.1. The van der Waals surface area contributed by atoms with Gasteiger partial charge in [-0.3, -0.25) is 9.59 Å². The van der Waals surface area contributed by atoms with Gasteiger partial charge in [0, 0.05) is 18.5 Å². The summed E-state index contributed by atoms with van der Waals surface area (Å²) in [6.45, 7) is 8.11. The van der Waals surface area contributed by atoms with Crippen molar-refractivity contribution < 1.29 is 23.9 Å². The number of hydrogen-bond acceptors (Lipinski definition) is 5. The lowest BCUT2D eigenvalue weighted by molar-refractivity contribution is -0.145. The first kappa shape index (κ1) is 26.9. The molecule has 0 saturated carbocycles. The lowest BCUT2D eigenvalue weighted by atomic mass is 9.84. The van der Waals surface area contributed by atoms with E-state index in [2.05, 4.69) is 10.6 Å². The van der Waals surface area contributed by atoms with E-state index in [-0.39, 0.29) is 30.6 Å². The van der Waals surface area contributed by atoms with E-state index in [1.165, 1.54) is 7.11 Å². The lowest BCUT2D eigenvalue weighted by Gasteiger charge is -2.25. The molecular formula is C27H36N2O5. The Morgan fingerprint density at radius 1 is 0.912 bits per heavy atom. The van der Waals surface area contributed by atoms with Crippen LogP contribution in [-0.4, -0.2) is 30.9 Å². The van der Waals surface area contributed by atoms with Gasteiger partial charge in [0.15, 0.2) is 0 Å².